The largest absolute Gasteiger partial charge is 0.416 e. The average Bonchev–Trinajstić information content (AvgIpc) is 3.28. The van der Waals surface area contributed by atoms with E-state index < -0.39 is 5.82 Å². The van der Waals surface area contributed by atoms with Crippen LogP contribution in [-0.4, -0.2) is 26.8 Å². The van der Waals surface area contributed by atoms with E-state index in [-0.39, 0.29) is 11.7 Å². The van der Waals surface area contributed by atoms with Gasteiger partial charge in [0.25, 0.3) is 5.22 Å². The predicted octanol–water partition coefficient (Wildman–Crippen LogP) is 4.01. The molecule has 0 aliphatic rings. The molecule has 4 rings (SSSR count). The number of aromatic nitrogens is 3. The molecule has 0 aliphatic carbocycles. The molecule has 0 saturated carbocycles. The van der Waals surface area contributed by atoms with E-state index >= 15 is 0 Å². The second-order valence-electron chi connectivity index (χ2n) is 5.85. The van der Waals surface area contributed by atoms with Crippen molar-refractivity contribution in [1.82, 2.24) is 15.2 Å². The number of carbonyl (C=O) groups is 1. The average molecular weight is 382 g/mol. The van der Waals surface area contributed by atoms with Crippen LogP contribution in [-0.2, 0) is 11.2 Å². The summed E-state index contributed by atoms with van der Waals surface area (Å²) in [6.07, 6.45) is 2.43. The number of carbonyl (C=O) groups excluding carboxylic acids is 1. The van der Waals surface area contributed by atoms with Gasteiger partial charge in [0.2, 0.25) is 11.8 Å². The van der Waals surface area contributed by atoms with Gasteiger partial charge in [-0.1, -0.05) is 36.0 Å². The number of rotatable bonds is 6. The molecule has 2 aromatic heterocycles. The number of amides is 1. The van der Waals surface area contributed by atoms with Crippen LogP contribution < -0.4 is 5.32 Å². The molecule has 0 radical (unpaired) electrons. The summed E-state index contributed by atoms with van der Waals surface area (Å²) in [5, 5.41) is 12.1. The summed E-state index contributed by atoms with van der Waals surface area (Å²) in [7, 11) is 0. The molecule has 0 saturated heterocycles. The van der Waals surface area contributed by atoms with Gasteiger partial charge in [-0.15, -0.1) is 10.2 Å². The predicted molar refractivity (Wildman–Crippen MR) is 101 cm³/mol. The molecule has 2 heterocycles. The fourth-order valence-corrected chi connectivity index (χ4v) is 3.28. The first-order valence-electron chi connectivity index (χ1n) is 8.23. The van der Waals surface area contributed by atoms with Crippen LogP contribution in [0.1, 0.15) is 11.5 Å². The second kappa shape index (κ2) is 7.63. The molecule has 0 spiro atoms. The maximum Gasteiger partial charge on any atom is 0.277 e. The van der Waals surface area contributed by atoms with E-state index in [1.165, 1.54) is 18.2 Å². The van der Waals surface area contributed by atoms with Gasteiger partial charge in [0.15, 0.2) is 0 Å². The quantitative estimate of drug-likeness (QED) is 0.492. The van der Waals surface area contributed by atoms with Gasteiger partial charge in [0.05, 0.1) is 12.2 Å². The summed E-state index contributed by atoms with van der Waals surface area (Å²) in [6, 6.07) is 13.7. The number of halogens is 1. The van der Waals surface area contributed by atoms with E-state index in [0.717, 1.165) is 28.2 Å². The fraction of sp³-hybridized carbons (Fsp3) is 0.105. The first kappa shape index (κ1) is 17.3. The molecular formula is C19H15FN4O2S. The fourth-order valence-electron chi connectivity index (χ4n) is 2.70. The molecular weight excluding hydrogens is 367 g/mol. The molecule has 6 nitrogen and oxygen atoms in total. The number of anilines is 1. The minimum Gasteiger partial charge on any atom is -0.416 e. The van der Waals surface area contributed by atoms with Crippen LogP contribution in [0.4, 0.5) is 10.1 Å². The lowest BCUT2D eigenvalue weighted by Crippen LogP contribution is -2.14. The van der Waals surface area contributed by atoms with Crippen LogP contribution in [0.3, 0.4) is 0 Å². The van der Waals surface area contributed by atoms with E-state index in [1.807, 2.05) is 30.5 Å². The van der Waals surface area contributed by atoms with E-state index in [1.54, 1.807) is 6.07 Å². The zero-order valence-corrected chi connectivity index (χ0v) is 14.9. The lowest BCUT2D eigenvalue weighted by molar-refractivity contribution is -0.113. The highest BCUT2D eigenvalue weighted by Crippen LogP contribution is 2.22. The normalized spacial score (nSPS) is 11.0. The Hall–Kier alpha value is -3.13. The maximum atomic E-state index is 13.1. The smallest absolute Gasteiger partial charge is 0.277 e. The Bertz CT molecular complexity index is 1090. The summed E-state index contributed by atoms with van der Waals surface area (Å²) < 4.78 is 18.7. The monoisotopic (exact) mass is 382 g/mol. The lowest BCUT2D eigenvalue weighted by atomic mass is 10.1. The molecule has 27 heavy (non-hydrogen) atoms. The van der Waals surface area contributed by atoms with Gasteiger partial charge in [0.1, 0.15) is 5.82 Å². The third-order valence-electron chi connectivity index (χ3n) is 3.90. The SMILES string of the molecule is O=C(CSc1nnc(Cc2c[nH]c3ccccc23)o1)Nc1cccc(F)c1. The van der Waals surface area contributed by atoms with E-state index in [0.29, 0.717) is 23.2 Å². The van der Waals surface area contributed by atoms with E-state index in [4.69, 9.17) is 4.42 Å². The standard InChI is InChI=1S/C19H15FN4O2S/c20-13-4-3-5-14(9-13)22-17(25)11-27-19-24-23-18(26-19)8-12-10-21-16-7-2-1-6-15(12)16/h1-7,9-10,21H,8,11H2,(H,22,25). The molecule has 0 bridgehead atoms. The van der Waals surface area contributed by atoms with Crippen molar-refractivity contribution >= 4 is 34.3 Å². The third-order valence-corrected chi connectivity index (χ3v) is 4.72. The van der Waals surface area contributed by atoms with Gasteiger partial charge in [0, 0.05) is 22.8 Å². The number of para-hydroxylation sites is 1. The molecule has 0 atom stereocenters. The molecule has 2 aromatic carbocycles. The van der Waals surface area contributed by atoms with Crippen LogP contribution >= 0.6 is 11.8 Å². The first-order valence-corrected chi connectivity index (χ1v) is 9.21. The van der Waals surface area contributed by atoms with Crippen LogP contribution in [0.25, 0.3) is 10.9 Å². The molecule has 4 aromatic rings. The molecule has 8 heteroatoms. The minimum absolute atomic E-state index is 0.0885. The number of nitrogens with one attached hydrogen (secondary N) is 2. The highest BCUT2D eigenvalue weighted by molar-refractivity contribution is 7.99. The Balaban J connectivity index is 1.35. The minimum atomic E-state index is -0.403. The summed E-state index contributed by atoms with van der Waals surface area (Å²) in [5.74, 6) is -0.111. The Morgan fingerprint density at radius 2 is 2.07 bits per heavy atom. The third kappa shape index (κ3) is 4.17. The number of benzene rings is 2. The Kier molecular flexibility index (Phi) is 4.88. The Morgan fingerprint density at radius 3 is 2.96 bits per heavy atom. The van der Waals surface area contributed by atoms with Crippen molar-refractivity contribution in [1.29, 1.82) is 0 Å². The number of hydrogen-bond donors (Lipinski definition) is 2. The Labute approximate surface area is 158 Å². The number of thioether (sulfide) groups is 1. The second-order valence-corrected chi connectivity index (χ2v) is 6.77. The van der Waals surface area contributed by atoms with Crippen molar-refractivity contribution < 1.29 is 13.6 Å². The molecule has 0 aliphatic heterocycles. The maximum absolute atomic E-state index is 13.1. The highest BCUT2D eigenvalue weighted by atomic mass is 32.2. The topological polar surface area (TPSA) is 83.8 Å². The van der Waals surface area contributed by atoms with Crippen molar-refractivity contribution in [2.75, 3.05) is 11.1 Å². The summed E-state index contributed by atoms with van der Waals surface area (Å²) in [6.45, 7) is 0. The van der Waals surface area contributed by atoms with Crippen molar-refractivity contribution in [3.63, 3.8) is 0 Å². The number of nitrogens with zero attached hydrogens (tertiary/aromatic N) is 2. The summed E-state index contributed by atoms with van der Waals surface area (Å²) in [4.78, 5) is 15.2. The van der Waals surface area contributed by atoms with E-state index in [9.17, 15) is 9.18 Å². The van der Waals surface area contributed by atoms with Gasteiger partial charge in [-0.05, 0) is 29.8 Å². The summed E-state index contributed by atoms with van der Waals surface area (Å²) in [5.41, 5.74) is 2.52. The number of hydrogen-bond acceptors (Lipinski definition) is 5. The van der Waals surface area contributed by atoms with Gasteiger partial charge < -0.3 is 14.7 Å². The number of H-pyrrole nitrogens is 1. The van der Waals surface area contributed by atoms with Gasteiger partial charge in [-0.3, -0.25) is 4.79 Å². The number of fused-ring (bicyclic) bond motifs is 1. The van der Waals surface area contributed by atoms with Gasteiger partial charge >= 0.3 is 0 Å². The van der Waals surface area contributed by atoms with Gasteiger partial charge in [-0.25, -0.2) is 4.39 Å². The van der Waals surface area contributed by atoms with Crippen molar-refractivity contribution in [3.8, 4) is 0 Å². The number of aromatic amines is 1. The van der Waals surface area contributed by atoms with Crippen LogP contribution in [0.15, 0.2) is 64.4 Å². The zero-order chi connectivity index (χ0) is 18.6. The van der Waals surface area contributed by atoms with Crippen molar-refractivity contribution in [3.05, 3.63) is 72.0 Å². The molecule has 136 valence electrons. The van der Waals surface area contributed by atoms with Crippen molar-refractivity contribution in [2.45, 2.75) is 11.6 Å². The highest BCUT2D eigenvalue weighted by Gasteiger charge is 2.12. The van der Waals surface area contributed by atoms with Gasteiger partial charge in [-0.2, -0.15) is 0 Å². The zero-order valence-electron chi connectivity index (χ0n) is 14.1. The molecule has 2 N–H and O–H groups in total. The molecule has 1 amide bonds. The molecule has 0 unspecified atom stereocenters. The van der Waals surface area contributed by atoms with Crippen LogP contribution in [0, 0.1) is 5.82 Å². The van der Waals surface area contributed by atoms with Crippen molar-refractivity contribution in [2.24, 2.45) is 0 Å². The first-order chi connectivity index (χ1) is 13.2. The molecule has 0 fully saturated rings. The summed E-state index contributed by atoms with van der Waals surface area (Å²) >= 11 is 1.14. The van der Waals surface area contributed by atoms with E-state index in [2.05, 4.69) is 20.5 Å². The van der Waals surface area contributed by atoms with Crippen LogP contribution in [0.5, 0.6) is 0 Å². The Morgan fingerprint density at radius 1 is 1.19 bits per heavy atom. The lowest BCUT2D eigenvalue weighted by Gasteiger charge is -2.03. The van der Waals surface area contributed by atoms with Crippen LogP contribution in [0.2, 0.25) is 0 Å².